The molecule has 2 fully saturated rings. The van der Waals surface area contributed by atoms with Gasteiger partial charge in [-0.15, -0.1) is 0 Å². The number of nitrogens with two attached hydrogens (primary N) is 1. The molecule has 0 radical (unpaired) electrons. The fourth-order valence-electron chi connectivity index (χ4n) is 3.85. The molecule has 2 atom stereocenters. The van der Waals surface area contributed by atoms with Crippen LogP contribution in [0.2, 0.25) is 0 Å². The summed E-state index contributed by atoms with van der Waals surface area (Å²) in [4.78, 5) is 14.6. The molecule has 1 saturated carbocycles. The van der Waals surface area contributed by atoms with Gasteiger partial charge in [0.2, 0.25) is 0 Å². The third-order valence-corrected chi connectivity index (χ3v) is 5.32. The number of likely N-dealkylation sites (tertiary alicyclic amines) is 1. The summed E-state index contributed by atoms with van der Waals surface area (Å²) in [6, 6.07) is 11.0. The smallest absolute Gasteiger partial charge is 0.176 e. The lowest BCUT2D eigenvalue weighted by molar-refractivity contribution is 0.0899. The van der Waals surface area contributed by atoms with Gasteiger partial charge in [-0.3, -0.25) is 9.69 Å². The van der Waals surface area contributed by atoms with E-state index >= 15 is 0 Å². The standard InChI is InChI=1S/C19H29N3O/c20-17-8-4-5-9-18(17)21-16-10-12-22(13-11-16)14-19(23)15-6-2-1-3-7-15/h1-3,6-7,16-18,21H,4-5,8-14,20H2/t17-,18+/m1/s1. The zero-order valence-electron chi connectivity index (χ0n) is 13.9. The molecule has 0 aromatic heterocycles. The largest absolute Gasteiger partial charge is 0.326 e. The van der Waals surface area contributed by atoms with Crippen molar-refractivity contribution in [3.8, 4) is 0 Å². The molecule has 1 aromatic carbocycles. The molecule has 0 bridgehead atoms. The molecule has 0 amide bonds. The lowest BCUT2D eigenvalue weighted by atomic mass is 9.89. The van der Waals surface area contributed by atoms with E-state index in [0.717, 1.165) is 37.9 Å². The summed E-state index contributed by atoms with van der Waals surface area (Å²) < 4.78 is 0. The summed E-state index contributed by atoms with van der Waals surface area (Å²) in [5, 5.41) is 3.78. The maximum absolute atomic E-state index is 12.3. The first-order valence-electron chi connectivity index (χ1n) is 9.04. The Morgan fingerprint density at radius 3 is 2.48 bits per heavy atom. The van der Waals surface area contributed by atoms with Gasteiger partial charge in [0.15, 0.2) is 5.78 Å². The van der Waals surface area contributed by atoms with E-state index in [1.54, 1.807) is 0 Å². The second-order valence-electron chi connectivity index (χ2n) is 7.06. The second kappa shape index (κ2) is 8.04. The van der Waals surface area contributed by atoms with E-state index in [1.807, 2.05) is 30.3 Å². The summed E-state index contributed by atoms with van der Waals surface area (Å²) in [6.45, 7) is 2.54. The zero-order valence-corrected chi connectivity index (χ0v) is 13.9. The molecular formula is C19H29N3O. The number of rotatable bonds is 5. The van der Waals surface area contributed by atoms with Crippen LogP contribution < -0.4 is 11.1 Å². The van der Waals surface area contributed by atoms with Crippen LogP contribution in [0.25, 0.3) is 0 Å². The first kappa shape index (κ1) is 16.6. The fourth-order valence-corrected chi connectivity index (χ4v) is 3.85. The van der Waals surface area contributed by atoms with Crippen molar-refractivity contribution in [2.24, 2.45) is 5.73 Å². The molecule has 4 nitrogen and oxygen atoms in total. The SMILES string of the molecule is N[C@@H]1CCCC[C@@H]1NC1CCN(CC(=O)c2ccccc2)CC1. The van der Waals surface area contributed by atoms with Gasteiger partial charge in [0, 0.05) is 36.8 Å². The van der Waals surface area contributed by atoms with E-state index in [4.69, 9.17) is 5.73 Å². The fraction of sp³-hybridized carbons (Fsp3) is 0.632. The molecule has 1 aromatic rings. The summed E-state index contributed by atoms with van der Waals surface area (Å²) in [5.41, 5.74) is 7.06. The highest BCUT2D eigenvalue weighted by Crippen LogP contribution is 2.20. The van der Waals surface area contributed by atoms with Crippen molar-refractivity contribution < 1.29 is 4.79 Å². The molecule has 3 N–H and O–H groups in total. The molecule has 0 spiro atoms. The normalized spacial score (nSPS) is 27.0. The average Bonchev–Trinajstić information content (AvgIpc) is 2.59. The van der Waals surface area contributed by atoms with E-state index in [9.17, 15) is 4.79 Å². The van der Waals surface area contributed by atoms with Gasteiger partial charge in [-0.25, -0.2) is 0 Å². The Bertz CT molecular complexity index is 497. The topological polar surface area (TPSA) is 58.4 Å². The molecule has 1 saturated heterocycles. The molecule has 4 heteroatoms. The van der Waals surface area contributed by atoms with Crippen LogP contribution in [0.15, 0.2) is 30.3 Å². The molecule has 1 heterocycles. The van der Waals surface area contributed by atoms with Crippen LogP contribution in [0, 0.1) is 0 Å². The molecule has 1 aliphatic heterocycles. The summed E-state index contributed by atoms with van der Waals surface area (Å²) >= 11 is 0. The van der Waals surface area contributed by atoms with Crippen LogP contribution in [0.5, 0.6) is 0 Å². The second-order valence-corrected chi connectivity index (χ2v) is 7.06. The molecule has 0 unspecified atom stereocenters. The van der Waals surface area contributed by atoms with Crippen molar-refractivity contribution in [3.63, 3.8) is 0 Å². The maximum atomic E-state index is 12.3. The molecule has 126 valence electrons. The Morgan fingerprint density at radius 1 is 1.09 bits per heavy atom. The lowest BCUT2D eigenvalue weighted by Gasteiger charge is -2.37. The van der Waals surface area contributed by atoms with Crippen LogP contribution >= 0.6 is 0 Å². The average molecular weight is 315 g/mol. The van der Waals surface area contributed by atoms with Gasteiger partial charge in [-0.2, -0.15) is 0 Å². The summed E-state index contributed by atoms with van der Waals surface area (Å²) in [5.74, 6) is 0.228. The van der Waals surface area contributed by atoms with Gasteiger partial charge >= 0.3 is 0 Å². The highest BCUT2D eigenvalue weighted by atomic mass is 16.1. The third-order valence-electron chi connectivity index (χ3n) is 5.32. The lowest BCUT2D eigenvalue weighted by Crippen LogP contribution is -2.53. The van der Waals surface area contributed by atoms with Crippen LogP contribution in [-0.4, -0.2) is 48.4 Å². The van der Waals surface area contributed by atoms with Gasteiger partial charge in [-0.05, 0) is 25.7 Å². The summed E-state index contributed by atoms with van der Waals surface area (Å²) in [7, 11) is 0. The van der Waals surface area contributed by atoms with Crippen LogP contribution in [-0.2, 0) is 0 Å². The predicted octanol–water partition coefficient (Wildman–Crippen LogP) is 2.19. The molecule has 1 aliphatic carbocycles. The highest BCUT2D eigenvalue weighted by Gasteiger charge is 2.27. The minimum atomic E-state index is 0.228. The van der Waals surface area contributed by atoms with Crippen molar-refractivity contribution in [1.29, 1.82) is 0 Å². The van der Waals surface area contributed by atoms with E-state index < -0.39 is 0 Å². The number of carbonyl (C=O) groups is 1. The third kappa shape index (κ3) is 4.63. The molecular weight excluding hydrogens is 286 g/mol. The molecule has 2 aliphatic rings. The first-order valence-corrected chi connectivity index (χ1v) is 9.04. The van der Waals surface area contributed by atoms with Crippen LogP contribution in [0.4, 0.5) is 0 Å². The number of benzene rings is 1. The number of ketones is 1. The minimum Gasteiger partial charge on any atom is -0.326 e. The first-order chi connectivity index (χ1) is 11.2. The van der Waals surface area contributed by atoms with Crippen molar-refractivity contribution >= 4 is 5.78 Å². The predicted molar refractivity (Wildman–Crippen MR) is 93.6 cm³/mol. The van der Waals surface area contributed by atoms with Crippen molar-refractivity contribution in [1.82, 2.24) is 10.2 Å². The van der Waals surface area contributed by atoms with Crippen molar-refractivity contribution in [2.45, 2.75) is 56.7 Å². The van der Waals surface area contributed by atoms with E-state index in [1.165, 1.54) is 19.3 Å². The number of piperidine rings is 1. The van der Waals surface area contributed by atoms with E-state index in [0.29, 0.717) is 24.7 Å². The molecule has 3 rings (SSSR count). The van der Waals surface area contributed by atoms with Crippen molar-refractivity contribution in [2.75, 3.05) is 19.6 Å². The van der Waals surface area contributed by atoms with E-state index in [-0.39, 0.29) is 5.78 Å². The van der Waals surface area contributed by atoms with Gasteiger partial charge in [0.05, 0.1) is 6.54 Å². The van der Waals surface area contributed by atoms with Gasteiger partial charge < -0.3 is 11.1 Å². The number of Topliss-reactive ketones (excluding diaryl/α,β-unsaturated/α-hetero) is 1. The number of nitrogens with zero attached hydrogens (tertiary/aromatic N) is 1. The monoisotopic (exact) mass is 315 g/mol. The number of hydrogen-bond donors (Lipinski definition) is 2. The molecule has 23 heavy (non-hydrogen) atoms. The minimum absolute atomic E-state index is 0.228. The Balaban J connectivity index is 1.42. The number of nitrogens with one attached hydrogen (secondary N) is 1. The highest BCUT2D eigenvalue weighted by molar-refractivity contribution is 5.97. The summed E-state index contributed by atoms with van der Waals surface area (Å²) in [6.07, 6.45) is 7.18. The van der Waals surface area contributed by atoms with E-state index in [2.05, 4.69) is 10.2 Å². The Labute approximate surface area is 139 Å². The van der Waals surface area contributed by atoms with Gasteiger partial charge in [-0.1, -0.05) is 43.2 Å². The van der Waals surface area contributed by atoms with Crippen LogP contribution in [0.3, 0.4) is 0 Å². The van der Waals surface area contributed by atoms with Gasteiger partial charge in [0.25, 0.3) is 0 Å². The zero-order chi connectivity index (χ0) is 16.1. The number of hydrogen-bond acceptors (Lipinski definition) is 4. The Hall–Kier alpha value is -1.23. The Kier molecular flexibility index (Phi) is 5.81. The van der Waals surface area contributed by atoms with Gasteiger partial charge in [0.1, 0.15) is 0 Å². The number of carbonyl (C=O) groups excluding carboxylic acids is 1. The Morgan fingerprint density at radius 2 is 1.78 bits per heavy atom. The maximum Gasteiger partial charge on any atom is 0.176 e. The van der Waals surface area contributed by atoms with Crippen LogP contribution in [0.1, 0.15) is 48.9 Å². The van der Waals surface area contributed by atoms with Crippen molar-refractivity contribution in [3.05, 3.63) is 35.9 Å². The quantitative estimate of drug-likeness (QED) is 0.818.